The average molecular weight is 355 g/mol. The fourth-order valence-electron chi connectivity index (χ4n) is 2.58. The molecule has 3 rings (SSSR count). The second-order valence-corrected chi connectivity index (χ2v) is 6.17. The molecule has 0 atom stereocenters. The van der Waals surface area contributed by atoms with Gasteiger partial charge in [-0.1, -0.05) is 17.7 Å². The van der Waals surface area contributed by atoms with Crippen molar-refractivity contribution in [1.29, 1.82) is 0 Å². The lowest BCUT2D eigenvalue weighted by Gasteiger charge is -2.12. The van der Waals surface area contributed by atoms with Crippen molar-refractivity contribution in [2.24, 2.45) is 0 Å². The summed E-state index contributed by atoms with van der Waals surface area (Å²) in [6.07, 6.45) is 1.69. The van der Waals surface area contributed by atoms with Crippen molar-refractivity contribution in [3.63, 3.8) is 0 Å². The molecule has 128 valence electrons. The van der Waals surface area contributed by atoms with Crippen LogP contribution in [0.4, 0.5) is 23.1 Å². The first kappa shape index (κ1) is 17.0. The molecule has 1 aromatic heterocycles. The molecule has 0 fully saturated rings. The molecule has 0 radical (unpaired) electrons. The van der Waals surface area contributed by atoms with E-state index in [4.69, 9.17) is 16.3 Å². The summed E-state index contributed by atoms with van der Waals surface area (Å²) in [4.78, 5) is 8.77. The van der Waals surface area contributed by atoms with Crippen LogP contribution in [-0.4, -0.2) is 17.1 Å². The maximum Gasteiger partial charge on any atom is 0.229 e. The van der Waals surface area contributed by atoms with Crippen LogP contribution in [0, 0.1) is 13.8 Å². The standard InChI is InChI=1S/C19H19ClN4O/c1-12-8-13(2)10-15(9-12)22-19-21-7-6-18(24-19)23-16-11-14(20)4-5-17(16)25-3/h4-11H,1-3H3,(H2,21,22,23,24). The lowest BCUT2D eigenvalue weighted by molar-refractivity contribution is 0.417. The van der Waals surface area contributed by atoms with Gasteiger partial charge in [0.2, 0.25) is 5.95 Å². The Bertz CT molecular complexity index is 878. The molecule has 25 heavy (non-hydrogen) atoms. The number of methoxy groups -OCH3 is 1. The Morgan fingerprint density at radius 2 is 1.72 bits per heavy atom. The molecule has 1 heterocycles. The van der Waals surface area contributed by atoms with Gasteiger partial charge in [-0.15, -0.1) is 0 Å². The largest absolute Gasteiger partial charge is 0.495 e. The van der Waals surface area contributed by atoms with Gasteiger partial charge in [-0.05, 0) is 61.4 Å². The van der Waals surface area contributed by atoms with E-state index in [0.717, 1.165) is 11.4 Å². The SMILES string of the molecule is COc1ccc(Cl)cc1Nc1ccnc(Nc2cc(C)cc(C)c2)n1. The number of aryl methyl sites for hydroxylation is 2. The van der Waals surface area contributed by atoms with Gasteiger partial charge >= 0.3 is 0 Å². The zero-order chi connectivity index (χ0) is 17.8. The molecule has 0 aliphatic rings. The second kappa shape index (κ2) is 7.40. The molecule has 0 unspecified atom stereocenters. The van der Waals surface area contributed by atoms with Crippen LogP contribution >= 0.6 is 11.6 Å². The number of hydrogen-bond acceptors (Lipinski definition) is 5. The molecule has 0 saturated carbocycles. The smallest absolute Gasteiger partial charge is 0.229 e. The van der Waals surface area contributed by atoms with Crippen LogP contribution in [0.5, 0.6) is 5.75 Å². The van der Waals surface area contributed by atoms with Crippen LogP contribution < -0.4 is 15.4 Å². The zero-order valence-corrected chi connectivity index (χ0v) is 15.1. The molecule has 2 N–H and O–H groups in total. The van der Waals surface area contributed by atoms with E-state index in [1.165, 1.54) is 11.1 Å². The van der Waals surface area contributed by atoms with Gasteiger partial charge in [-0.25, -0.2) is 4.98 Å². The minimum Gasteiger partial charge on any atom is -0.495 e. The summed E-state index contributed by atoms with van der Waals surface area (Å²) in [6, 6.07) is 13.4. The topological polar surface area (TPSA) is 59.1 Å². The first-order chi connectivity index (χ1) is 12.0. The van der Waals surface area contributed by atoms with E-state index in [1.807, 2.05) is 0 Å². The van der Waals surface area contributed by atoms with Gasteiger partial charge in [0.25, 0.3) is 0 Å². The van der Waals surface area contributed by atoms with Crippen molar-refractivity contribution in [3.05, 3.63) is 64.8 Å². The van der Waals surface area contributed by atoms with Gasteiger partial charge in [-0.3, -0.25) is 0 Å². The fourth-order valence-corrected chi connectivity index (χ4v) is 2.75. The van der Waals surface area contributed by atoms with Crippen molar-refractivity contribution in [2.45, 2.75) is 13.8 Å². The number of aromatic nitrogens is 2. The van der Waals surface area contributed by atoms with Crippen LogP contribution in [0.3, 0.4) is 0 Å². The van der Waals surface area contributed by atoms with Crippen LogP contribution in [0.2, 0.25) is 5.02 Å². The molecule has 0 amide bonds. The summed E-state index contributed by atoms with van der Waals surface area (Å²) in [5, 5.41) is 7.06. The van der Waals surface area contributed by atoms with Crippen molar-refractivity contribution in [3.8, 4) is 5.75 Å². The summed E-state index contributed by atoms with van der Waals surface area (Å²) >= 11 is 6.07. The van der Waals surface area contributed by atoms with E-state index in [2.05, 4.69) is 52.6 Å². The van der Waals surface area contributed by atoms with Gasteiger partial charge in [-0.2, -0.15) is 4.98 Å². The van der Waals surface area contributed by atoms with Crippen molar-refractivity contribution in [2.75, 3.05) is 17.7 Å². The molecule has 0 aliphatic carbocycles. The summed E-state index contributed by atoms with van der Waals surface area (Å²) in [6.45, 7) is 4.12. The fraction of sp³-hybridized carbons (Fsp3) is 0.158. The number of nitrogens with one attached hydrogen (secondary N) is 2. The Morgan fingerprint density at radius 3 is 2.44 bits per heavy atom. The molecule has 2 aromatic carbocycles. The Hall–Kier alpha value is -2.79. The number of halogens is 1. The van der Waals surface area contributed by atoms with Crippen LogP contribution in [0.25, 0.3) is 0 Å². The molecular weight excluding hydrogens is 336 g/mol. The van der Waals surface area contributed by atoms with Gasteiger partial charge < -0.3 is 15.4 Å². The second-order valence-electron chi connectivity index (χ2n) is 5.74. The molecule has 0 saturated heterocycles. The Labute approximate surface area is 152 Å². The van der Waals surface area contributed by atoms with E-state index in [1.54, 1.807) is 37.6 Å². The minimum absolute atomic E-state index is 0.510. The average Bonchev–Trinajstić information content (AvgIpc) is 2.54. The highest BCUT2D eigenvalue weighted by molar-refractivity contribution is 6.31. The number of hydrogen-bond donors (Lipinski definition) is 2. The van der Waals surface area contributed by atoms with Crippen LogP contribution in [0.15, 0.2) is 48.7 Å². The van der Waals surface area contributed by atoms with E-state index >= 15 is 0 Å². The molecule has 0 spiro atoms. The highest BCUT2D eigenvalue weighted by atomic mass is 35.5. The van der Waals surface area contributed by atoms with Crippen LogP contribution in [-0.2, 0) is 0 Å². The monoisotopic (exact) mass is 354 g/mol. The van der Waals surface area contributed by atoms with Crippen molar-refractivity contribution in [1.82, 2.24) is 9.97 Å². The van der Waals surface area contributed by atoms with E-state index < -0.39 is 0 Å². The van der Waals surface area contributed by atoms with E-state index in [9.17, 15) is 0 Å². The number of nitrogens with zero attached hydrogens (tertiary/aromatic N) is 2. The van der Waals surface area contributed by atoms with Gasteiger partial charge in [0.05, 0.1) is 12.8 Å². The molecule has 6 heteroatoms. The Balaban J connectivity index is 1.83. The Morgan fingerprint density at radius 1 is 0.960 bits per heavy atom. The number of ether oxygens (including phenoxy) is 1. The molecular formula is C19H19ClN4O. The van der Waals surface area contributed by atoms with E-state index in [-0.39, 0.29) is 0 Å². The van der Waals surface area contributed by atoms with Crippen LogP contribution in [0.1, 0.15) is 11.1 Å². The van der Waals surface area contributed by atoms with Gasteiger partial charge in [0.15, 0.2) is 0 Å². The number of rotatable bonds is 5. The maximum absolute atomic E-state index is 6.07. The van der Waals surface area contributed by atoms with Crippen molar-refractivity contribution >= 4 is 34.7 Å². The maximum atomic E-state index is 6.07. The Kier molecular flexibility index (Phi) is 5.05. The van der Waals surface area contributed by atoms with Crippen molar-refractivity contribution < 1.29 is 4.74 Å². The number of benzene rings is 2. The highest BCUT2D eigenvalue weighted by Gasteiger charge is 2.07. The third-order valence-electron chi connectivity index (χ3n) is 3.56. The number of anilines is 4. The third kappa shape index (κ3) is 4.39. The predicted molar refractivity (Wildman–Crippen MR) is 103 cm³/mol. The minimum atomic E-state index is 0.510. The lowest BCUT2D eigenvalue weighted by atomic mass is 10.1. The summed E-state index contributed by atoms with van der Waals surface area (Å²) in [7, 11) is 1.61. The quantitative estimate of drug-likeness (QED) is 0.656. The highest BCUT2D eigenvalue weighted by Crippen LogP contribution is 2.30. The molecule has 5 nitrogen and oxygen atoms in total. The van der Waals surface area contributed by atoms with Gasteiger partial charge in [0.1, 0.15) is 11.6 Å². The molecule has 3 aromatic rings. The first-order valence-electron chi connectivity index (χ1n) is 7.82. The summed E-state index contributed by atoms with van der Waals surface area (Å²) < 4.78 is 5.34. The molecule has 0 aliphatic heterocycles. The summed E-state index contributed by atoms with van der Waals surface area (Å²) in [5.41, 5.74) is 4.06. The zero-order valence-electron chi connectivity index (χ0n) is 14.3. The van der Waals surface area contributed by atoms with E-state index in [0.29, 0.717) is 22.5 Å². The predicted octanol–water partition coefficient (Wildman–Crippen LogP) is 5.24. The lowest BCUT2D eigenvalue weighted by Crippen LogP contribution is -2.01. The first-order valence-corrected chi connectivity index (χ1v) is 8.20. The molecule has 0 bridgehead atoms. The summed E-state index contributed by atoms with van der Waals surface area (Å²) in [5.74, 6) is 1.84. The third-order valence-corrected chi connectivity index (χ3v) is 3.79. The van der Waals surface area contributed by atoms with Gasteiger partial charge in [0, 0.05) is 16.9 Å². The normalized spacial score (nSPS) is 10.4.